The Hall–Kier alpha value is -2.73. The molecule has 26 heavy (non-hydrogen) atoms. The average molecular weight is 349 g/mol. The predicted molar refractivity (Wildman–Crippen MR) is 101 cm³/mol. The number of rotatable bonds is 4. The fourth-order valence-electron chi connectivity index (χ4n) is 3.51. The lowest BCUT2D eigenvalue weighted by Crippen LogP contribution is -2.42. The van der Waals surface area contributed by atoms with E-state index in [1.54, 1.807) is 0 Å². The number of fused-ring (bicyclic) bond motifs is 2. The molecule has 6 nitrogen and oxygen atoms in total. The molecule has 4 rings (SSSR count). The van der Waals surface area contributed by atoms with Crippen molar-refractivity contribution in [2.24, 2.45) is 0 Å². The second kappa shape index (κ2) is 6.88. The van der Waals surface area contributed by atoms with Crippen LogP contribution < -0.4 is 0 Å². The minimum atomic E-state index is -0.0157. The predicted octanol–water partition coefficient (Wildman–Crippen LogP) is 2.58. The molecule has 134 valence electrons. The van der Waals surface area contributed by atoms with Crippen LogP contribution in [0.2, 0.25) is 0 Å². The molecular weight excluding hydrogens is 326 g/mol. The normalized spacial score (nSPS) is 16.9. The fraction of sp³-hybridized carbons (Fsp3) is 0.350. The molecule has 0 N–H and O–H groups in total. The molecule has 1 amide bonds. The van der Waals surface area contributed by atoms with Crippen molar-refractivity contribution < 1.29 is 4.79 Å². The number of amides is 1. The van der Waals surface area contributed by atoms with Gasteiger partial charge in [-0.25, -0.2) is 4.98 Å². The van der Waals surface area contributed by atoms with E-state index in [9.17, 15) is 4.79 Å². The molecule has 1 aliphatic heterocycles. The number of aromatic nitrogens is 3. The summed E-state index contributed by atoms with van der Waals surface area (Å²) in [6.45, 7) is 2.20. The maximum absolute atomic E-state index is 13.1. The maximum Gasteiger partial charge on any atom is 0.272 e. The number of nitrogens with zero attached hydrogens (tertiary/aromatic N) is 5. The number of para-hydroxylation sites is 1. The first-order valence-electron chi connectivity index (χ1n) is 8.94. The third-order valence-electron chi connectivity index (χ3n) is 4.90. The number of hydrogen-bond acceptors (Lipinski definition) is 4. The third-order valence-corrected chi connectivity index (χ3v) is 4.90. The van der Waals surface area contributed by atoms with E-state index < -0.39 is 0 Å². The van der Waals surface area contributed by atoms with Gasteiger partial charge in [-0.15, -0.1) is 0 Å². The van der Waals surface area contributed by atoms with Crippen molar-refractivity contribution in [1.82, 2.24) is 24.6 Å². The molecule has 1 aromatic carbocycles. The van der Waals surface area contributed by atoms with Crippen molar-refractivity contribution in [3.63, 3.8) is 0 Å². The fourth-order valence-corrected chi connectivity index (χ4v) is 3.51. The van der Waals surface area contributed by atoms with E-state index in [1.807, 2.05) is 53.6 Å². The maximum atomic E-state index is 13.1. The lowest BCUT2D eigenvalue weighted by Gasteiger charge is -2.34. The zero-order chi connectivity index (χ0) is 18.1. The standard InChI is InChI=1S/C20H23N5O/c1-23(2)12-10-17-14-24(13-16-9-11-21-25(16)17)20(26)19-8-7-15-5-3-4-6-18(15)22-19/h3-9,11,17H,10,12-14H2,1-2H3/t17-/m0/s1. The van der Waals surface area contributed by atoms with Gasteiger partial charge in [-0.1, -0.05) is 24.3 Å². The van der Waals surface area contributed by atoms with Crippen LogP contribution in [-0.4, -0.2) is 57.7 Å². The van der Waals surface area contributed by atoms with Crippen LogP contribution in [0, 0.1) is 0 Å². The van der Waals surface area contributed by atoms with Crippen LogP contribution in [0.15, 0.2) is 48.7 Å². The monoisotopic (exact) mass is 349 g/mol. The molecule has 3 heterocycles. The Morgan fingerprint density at radius 1 is 1.19 bits per heavy atom. The van der Waals surface area contributed by atoms with Crippen molar-refractivity contribution in [3.8, 4) is 0 Å². The highest BCUT2D eigenvalue weighted by Crippen LogP contribution is 2.24. The van der Waals surface area contributed by atoms with Gasteiger partial charge in [0, 0.05) is 18.1 Å². The van der Waals surface area contributed by atoms with E-state index in [0.717, 1.165) is 29.6 Å². The smallest absolute Gasteiger partial charge is 0.272 e. The van der Waals surface area contributed by atoms with Crippen LogP contribution in [0.25, 0.3) is 10.9 Å². The highest BCUT2D eigenvalue weighted by molar-refractivity contribution is 5.95. The Labute approximate surface area is 153 Å². The topological polar surface area (TPSA) is 54.3 Å². The molecule has 2 aromatic heterocycles. The number of carbonyl (C=O) groups excluding carboxylic acids is 1. The summed E-state index contributed by atoms with van der Waals surface area (Å²) in [7, 11) is 4.13. The molecular formula is C20H23N5O. The van der Waals surface area contributed by atoms with Crippen molar-refractivity contribution >= 4 is 16.8 Å². The summed E-state index contributed by atoms with van der Waals surface area (Å²) in [6, 6.07) is 13.9. The van der Waals surface area contributed by atoms with Gasteiger partial charge in [0.05, 0.1) is 23.8 Å². The first-order chi connectivity index (χ1) is 12.6. The van der Waals surface area contributed by atoms with E-state index in [0.29, 0.717) is 18.8 Å². The Morgan fingerprint density at radius 2 is 2.04 bits per heavy atom. The largest absolute Gasteiger partial charge is 0.329 e. The highest BCUT2D eigenvalue weighted by Gasteiger charge is 2.29. The Kier molecular flexibility index (Phi) is 4.42. The molecule has 0 fully saturated rings. The summed E-state index contributed by atoms with van der Waals surface area (Å²) in [4.78, 5) is 21.7. The third kappa shape index (κ3) is 3.20. The lowest BCUT2D eigenvalue weighted by molar-refractivity contribution is 0.0654. The van der Waals surface area contributed by atoms with Crippen LogP contribution in [-0.2, 0) is 6.54 Å². The summed E-state index contributed by atoms with van der Waals surface area (Å²) >= 11 is 0. The SMILES string of the molecule is CN(C)CC[C@H]1CN(C(=O)c2ccc3ccccc3n2)Cc2ccnn21. The van der Waals surface area contributed by atoms with Gasteiger partial charge in [-0.2, -0.15) is 5.10 Å². The van der Waals surface area contributed by atoms with Gasteiger partial charge in [0.15, 0.2) is 0 Å². The van der Waals surface area contributed by atoms with E-state index >= 15 is 0 Å². The first-order valence-corrected chi connectivity index (χ1v) is 8.94. The summed E-state index contributed by atoms with van der Waals surface area (Å²) in [5.74, 6) is -0.0157. The van der Waals surface area contributed by atoms with Crippen LogP contribution in [0.3, 0.4) is 0 Å². The number of benzene rings is 1. The van der Waals surface area contributed by atoms with Gasteiger partial charge >= 0.3 is 0 Å². The zero-order valence-electron chi connectivity index (χ0n) is 15.2. The molecule has 0 bridgehead atoms. The van der Waals surface area contributed by atoms with Crippen LogP contribution >= 0.6 is 0 Å². The van der Waals surface area contributed by atoms with Crippen LogP contribution in [0.5, 0.6) is 0 Å². The van der Waals surface area contributed by atoms with Crippen molar-refractivity contribution in [2.45, 2.75) is 19.0 Å². The first kappa shape index (κ1) is 16.7. The quantitative estimate of drug-likeness (QED) is 0.726. The number of carbonyl (C=O) groups is 1. The van der Waals surface area contributed by atoms with Crippen LogP contribution in [0.4, 0.5) is 0 Å². The van der Waals surface area contributed by atoms with Crippen molar-refractivity contribution in [3.05, 3.63) is 60.0 Å². The highest BCUT2D eigenvalue weighted by atomic mass is 16.2. The minimum absolute atomic E-state index is 0.0157. The molecule has 0 unspecified atom stereocenters. The summed E-state index contributed by atoms with van der Waals surface area (Å²) < 4.78 is 2.07. The molecule has 0 saturated carbocycles. The van der Waals surface area contributed by atoms with E-state index in [4.69, 9.17) is 0 Å². The molecule has 3 aromatic rings. The van der Waals surface area contributed by atoms with E-state index in [2.05, 4.69) is 33.8 Å². The summed E-state index contributed by atoms with van der Waals surface area (Å²) in [6.07, 6.45) is 2.77. The summed E-state index contributed by atoms with van der Waals surface area (Å²) in [5.41, 5.74) is 2.43. The molecule has 1 aliphatic rings. The summed E-state index contributed by atoms with van der Waals surface area (Å²) in [5, 5.41) is 5.51. The van der Waals surface area contributed by atoms with E-state index in [1.165, 1.54) is 0 Å². The van der Waals surface area contributed by atoms with Crippen LogP contribution in [0.1, 0.15) is 28.6 Å². The number of pyridine rings is 1. The average Bonchev–Trinajstić information content (AvgIpc) is 3.13. The van der Waals surface area contributed by atoms with Gasteiger partial charge in [-0.05, 0) is 45.3 Å². The molecule has 6 heteroatoms. The van der Waals surface area contributed by atoms with E-state index in [-0.39, 0.29) is 11.9 Å². The molecule has 0 aliphatic carbocycles. The van der Waals surface area contributed by atoms with Crippen molar-refractivity contribution in [2.75, 3.05) is 27.2 Å². The van der Waals surface area contributed by atoms with Gasteiger partial charge < -0.3 is 9.80 Å². The Balaban J connectivity index is 1.59. The Bertz CT molecular complexity index is 933. The second-order valence-electron chi connectivity index (χ2n) is 7.09. The Morgan fingerprint density at radius 3 is 2.88 bits per heavy atom. The van der Waals surface area contributed by atoms with Gasteiger partial charge in [0.1, 0.15) is 5.69 Å². The lowest BCUT2D eigenvalue weighted by atomic mass is 10.1. The molecule has 0 radical (unpaired) electrons. The van der Waals surface area contributed by atoms with Gasteiger partial charge in [-0.3, -0.25) is 9.48 Å². The molecule has 0 spiro atoms. The zero-order valence-corrected chi connectivity index (χ0v) is 15.2. The van der Waals surface area contributed by atoms with Gasteiger partial charge in [0.25, 0.3) is 5.91 Å². The van der Waals surface area contributed by atoms with Crippen molar-refractivity contribution in [1.29, 1.82) is 0 Å². The number of hydrogen-bond donors (Lipinski definition) is 0. The molecule has 0 saturated heterocycles. The minimum Gasteiger partial charge on any atom is -0.329 e. The van der Waals surface area contributed by atoms with Gasteiger partial charge in [0.2, 0.25) is 0 Å². The second-order valence-corrected chi connectivity index (χ2v) is 7.09. The molecule has 1 atom stereocenters.